The number of nitrogens with zero attached hydrogens (tertiary/aromatic N) is 2. The molecule has 0 aliphatic carbocycles. The fraction of sp³-hybridized carbons (Fsp3) is 0.667. The highest BCUT2D eigenvalue weighted by atomic mass is 15.2. The van der Waals surface area contributed by atoms with E-state index in [0.29, 0.717) is 0 Å². The number of likely N-dealkylation sites (tertiary alicyclic amines) is 1. The Labute approximate surface area is 129 Å². The zero-order valence-electron chi connectivity index (χ0n) is 13.5. The molecule has 3 atom stereocenters. The molecule has 3 nitrogen and oxygen atoms in total. The zero-order valence-corrected chi connectivity index (χ0v) is 13.5. The average molecular weight is 287 g/mol. The maximum absolute atomic E-state index is 6.32. The molecule has 0 aromatic heterocycles. The van der Waals surface area contributed by atoms with E-state index >= 15 is 0 Å². The zero-order chi connectivity index (χ0) is 14.8. The summed E-state index contributed by atoms with van der Waals surface area (Å²) in [5.74, 6) is 0.823. The summed E-state index contributed by atoms with van der Waals surface area (Å²) < 4.78 is 0. The SMILES string of the molecule is CC[C@@H](N)c1ccccc1N1CCC2C(CCCN2C)C1. The van der Waals surface area contributed by atoms with Crippen LogP contribution in [0.25, 0.3) is 0 Å². The summed E-state index contributed by atoms with van der Waals surface area (Å²) in [6.07, 6.45) is 5.02. The fourth-order valence-corrected chi connectivity index (χ4v) is 4.18. The standard InChI is InChI=1S/C18H29N3/c1-3-16(19)15-8-4-5-9-18(15)21-12-10-17-14(13-21)7-6-11-20(17)2/h4-5,8-9,14,16-17H,3,6-7,10-13,19H2,1-2H3/t14?,16-,17?/m1/s1. The Morgan fingerprint density at radius 3 is 2.86 bits per heavy atom. The molecular formula is C18H29N3. The molecule has 2 unspecified atom stereocenters. The average Bonchev–Trinajstić information content (AvgIpc) is 2.54. The number of nitrogens with two attached hydrogens (primary N) is 1. The van der Waals surface area contributed by atoms with Gasteiger partial charge in [-0.1, -0.05) is 25.1 Å². The van der Waals surface area contributed by atoms with Crippen LogP contribution in [-0.4, -0.2) is 37.6 Å². The maximum Gasteiger partial charge on any atom is 0.0414 e. The van der Waals surface area contributed by atoms with Gasteiger partial charge in [-0.05, 0) is 56.8 Å². The summed E-state index contributed by atoms with van der Waals surface area (Å²) in [5.41, 5.74) is 9.02. The molecule has 3 heteroatoms. The third-order valence-electron chi connectivity index (χ3n) is 5.46. The number of hydrogen-bond acceptors (Lipinski definition) is 3. The van der Waals surface area contributed by atoms with Gasteiger partial charge in [0.1, 0.15) is 0 Å². The second-order valence-corrected chi connectivity index (χ2v) is 6.76. The molecule has 21 heavy (non-hydrogen) atoms. The number of piperidine rings is 2. The number of rotatable bonds is 3. The van der Waals surface area contributed by atoms with Crippen LogP contribution in [0.3, 0.4) is 0 Å². The smallest absolute Gasteiger partial charge is 0.0414 e. The summed E-state index contributed by atoms with van der Waals surface area (Å²) in [6.45, 7) is 5.81. The molecule has 0 amide bonds. The fourth-order valence-electron chi connectivity index (χ4n) is 4.18. The van der Waals surface area contributed by atoms with Crippen molar-refractivity contribution in [3.8, 4) is 0 Å². The third-order valence-corrected chi connectivity index (χ3v) is 5.46. The molecule has 2 saturated heterocycles. The Balaban J connectivity index is 1.79. The van der Waals surface area contributed by atoms with Crippen molar-refractivity contribution in [1.29, 1.82) is 0 Å². The lowest BCUT2D eigenvalue weighted by molar-refractivity contribution is 0.102. The van der Waals surface area contributed by atoms with Crippen LogP contribution in [0.5, 0.6) is 0 Å². The van der Waals surface area contributed by atoms with E-state index in [1.54, 1.807) is 0 Å². The van der Waals surface area contributed by atoms with Crippen molar-refractivity contribution in [2.45, 2.75) is 44.7 Å². The van der Waals surface area contributed by atoms with Gasteiger partial charge in [0.15, 0.2) is 0 Å². The molecule has 1 aromatic carbocycles. The first-order valence-electron chi connectivity index (χ1n) is 8.50. The first-order chi connectivity index (χ1) is 10.2. The minimum Gasteiger partial charge on any atom is -0.371 e. The lowest BCUT2D eigenvalue weighted by Crippen LogP contribution is -2.53. The molecule has 2 fully saturated rings. The second-order valence-electron chi connectivity index (χ2n) is 6.76. The molecule has 0 spiro atoms. The normalized spacial score (nSPS) is 28.2. The minimum absolute atomic E-state index is 0.160. The highest BCUT2D eigenvalue weighted by molar-refractivity contribution is 5.55. The van der Waals surface area contributed by atoms with Crippen LogP contribution in [0.2, 0.25) is 0 Å². The van der Waals surface area contributed by atoms with Gasteiger partial charge in [0.05, 0.1) is 0 Å². The number of hydrogen-bond donors (Lipinski definition) is 1. The predicted molar refractivity (Wildman–Crippen MR) is 89.6 cm³/mol. The monoisotopic (exact) mass is 287 g/mol. The first-order valence-corrected chi connectivity index (χ1v) is 8.50. The van der Waals surface area contributed by atoms with Crippen LogP contribution in [0.1, 0.15) is 44.2 Å². The molecule has 2 aliphatic rings. The Bertz CT molecular complexity index is 473. The van der Waals surface area contributed by atoms with Crippen molar-refractivity contribution in [2.24, 2.45) is 11.7 Å². The van der Waals surface area contributed by atoms with Gasteiger partial charge in [0.2, 0.25) is 0 Å². The van der Waals surface area contributed by atoms with Gasteiger partial charge in [-0.25, -0.2) is 0 Å². The molecule has 0 bridgehead atoms. The summed E-state index contributed by atoms with van der Waals surface area (Å²) >= 11 is 0. The first kappa shape index (κ1) is 14.9. The van der Waals surface area contributed by atoms with Crippen molar-refractivity contribution >= 4 is 5.69 Å². The number of benzene rings is 1. The van der Waals surface area contributed by atoms with E-state index in [4.69, 9.17) is 5.73 Å². The van der Waals surface area contributed by atoms with E-state index in [0.717, 1.165) is 18.4 Å². The van der Waals surface area contributed by atoms with Crippen LogP contribution < -0.4 is 10.6 Å². The van der Waals surface area contributed by atoms with Gasteiger partial charge < -0.3 is 15.5 Å². The van der Waals surface area contributed by atoms with Gasteiger partial charge in [0.25, 0.3) is 0 Å². The van der Waals surface area contributed by atoms with Crippen molar-refractivity contribution < 1.29 is 0 Å². The van der Waals surface area contributed by atoms with E-state index in [-0.39, 0.29) is 6.04 Å². The van der Waals surface area contributed by atoms with Crippen molar-refractivity contribution in [1.82, 2.24) is 4.90 Å². The molecule has 0 radical (unpaired) electrons. The third kappa shape index (κ3) is 2.95. The van der Waals surface area contributed by atoms with Gasteiger partial charge in [-0.15, -0.1) is 0 Å². The predicted octanol–water partition coefficient (Wildman–Crippen LogP) is 3.02. The highest BCUT2D eigenvalue weighted by Crippen LogP contribution is 2.34. The number of para-hydroxylation sites is 1. The molecule has 3 rings (SSSR count). The van der Waals surface area contributed by atoms with E-state index < -0.39 is 0 Å². The van der Waals surface area contributed by atoms with Gasteiger partial charge in [0, 0.05) is 30.9 Å². The van der Waals surface area contributed by atoms with E-state index in [1.165, 1.54) is 50.1 Å². The Morgan fingerprint density at radius 2 is 2.05 bits per heavy atom. The summed E-state index contributed by atoms with van der Waals surface area (Å²) in [6, 6.07) is 9.70. The number of anilines is 1. The lowest BCUT2D eigenvalue weighted by atomic mass is 9.83. The van der Waals surface area contributed by atoms with E-state index in [9.17, 15) is 0 Å². The Kier molecular flexibility index (Phi) is 4.51. The van der Waals surface area contributed by atoms with Crippen molar-refractivity contribution in [3.05, 3.63) is 29.8 Å². The van der Waals surface area contributed by atoms with Gasteiger partial charge in [-0.3, -0.25) is 0 Å². The molecule has 2 heterocycles. The molecule has 0 saturated carbocycles. The van der Waals surface area contributed by atoms with Crippen LogP contribution in [0.15, 0.2) is 24.3 Å². The number of fused-ring (bicyclic) bond motifs is 1. The quantitative estimate of drug-likeness (QED) is 0.927. The van der Waals surface area contributed by atoms with Crippen molar-refractivity contribution in [3.63, 3.8) is 0 Å². The van der Waals surface area contributed by atoms with Gasteiger partial charge in [-0.2, -0.15) is 0 Å². The van der Waals surface area contributed by atoms with Gasteiger partial charge >= 0.3 is 0 Å². The summed E-state index contributed by atoms with van der Waals surface area (Å²) in [7, 11) is 2.30. The van der Waals surface area contributed by atoms with Crippen LogP contribution in [-0.2, 0) is 0 Å². The maximum atomic E-state index is 6.32. The Morgan fingerprint density at radius 1 is 1.24 bits per heavy atom. The van der Waals surface area contributed by atoms with Crippen LogP contribution in [0, 0.1) is 5.92 Å². The van der Waals surface area contributed by atoms with Crippen LogP contribution >= 0.6 is 0 Å². The van der Waals surface area contributed by atoms with E-state index in [2.05, 4.69) is 48.0 Å². The molecular weight excluding hydrogens is 258 g/mol. The lowest BCUT2D eigenvalue weighted by Gasteiger charge is -2.47. The second kappa shape index (κ2) is 6.37. The molecule has 1 aromatic rings. The van der Waals surface area contributed by atoms with Crippen molar-refractivity contribution in [2.75, 3.05) is 31.6 Å². The molecule has 2 N–H and O–H groups in total. The summed E-state index contributed by atoms with van der Waals surface area (Å²) in [4.78, 5) is 5.17. The van der Waals surface area contributed by atoms with Crippen LogP contribution in [0.4, 0.5) is 5.69 Å². The highest BCUT2D eigenvalue weighted by Gasteiger charge is 2.34. The van der Waals surface area contributed by atoms with E-state index in [1.807, 2.05) is 0 Å². The minimum atomic E-state index is 0.160. The Hall–Kier alpha value is -1.06. The molecule has 2 aliphatic heterocycles. The molecule has 116 valence electrons. The topological polar surface area (TPSA) is 32.5 Å². The summed E-state index contributed by atoms with van der Waals surface area (Å²) in [5, 5.41) is 0. The largest absolute Gasteiger partial charge is 0.371 e.